The molecular formula is C39H26N6O. The van der Waals surface area contributed by atoms with Crippen LogP contribution in [0.5, 0.6) is 0 Å². The number of hydrogen-bond donors (Lipinski definition) is 0. The summed E-state index contributed by atoms with van der Waals surface area (Å²) in [4.78, 5) is 25.9. The second-order valence-corrected chi connectivity index (χ2v) is 11.8. The maximum atomic E-state index is 6.77. The van der Waals surface area contributed by atoms with E-state index in [-0.39, 0.29) is 0 Å². The molecule has 0 N–H and O–H groups in total. The Labute approximate surface area is 262 Å². The van der Waals surface area contributed by atoms with Crippen molar-refractivity contribution >= 4 is 72.5 Å². The van der Waals surface area contributed by atoms with Crippen LogP contribution < -0.4 is 10.7 Å². The van der Waals surface area contributed by atoms with Gasteiger partial charge in [0.15, 0.2) is 17.2 Å². The zero-order chi connectivity index (χ0) is 30.2. The highest BCUT2D eigenvalue weighted by Crippen LogP contribution is 2.44. The van der Waals surface area contributed by atoms with Crippen molar-refractivity contribution < 1.29 is 4.42 Å². The molecule has 0 bridgehead atoms. The monoisotopic (exact) mass is 594 g/mol. The lowest BCUT2D eigenvalue weighted by Gasteiger charge is -2.12. The van der Waals surface area contributed by atoms with Crippen molar-refractivity contribution in [2.24, 2.45) is 0 Å². The minimum absolute atomic E-state index is 0.529. The van der Waals surface area contributed by atoms with Gasteiger partial charge in [0.1, 0.15) is 22.1 Å². The lowest BCUT2D eigenvalue weighted by molar-refractivity contribution is 0.671. The first-order chi connectivity index (χ1) is 22.8. The minimum Gasteiger partial charge on any atom is -0.454 e. The number of allylic oxidation sites excluding steroid dienone is 4. The molecule has 2 aliphatic carbocycles. The van der Waals surface area contributed by atoms with E-state index in [1.165, 1.54) is 0 Å². The molecule has 0 radical (unpaired) electrons. The molecule has 10 rings (SSSR count). The van der Waals surface area contributed by atoms with Crippen LogP contribution in [0.2, 0.25) is 0 Å². The molecule has 4 aromatic carbocycles. The first-order valence-electron chi connectivity index (χ1n) is 15.8. The highest BCUT2D eigenvalue weighted by molar-refractivity contribution is 6.33. The van der Waals surface area contributed by atoms with Gasteiger partial charge < -0.3 is 4.42 Å². The third-order valence-corrected chi connectivity index (χ3v) is 9.06. The van der Waals surface area contributed by atoms with Crippen LogP contribution in [-0.2, 0) is 0 Å². The second kappa shape index (κ2) is 9.78. The summed E-state index contributed by atoms with van der Waals surface area (Å²) in [7, 11) is 0. The van der Waals surface area contributed by atoms with Gasteiger partial charge in [-0.25, -0.2) is 15.0 Å². The summed E-state index contributed by atoms with van der Waals surface area (Å²) in [6.07, 6.45) is 14.8. The molecule has 46 heavy (non-hydrogen) atoms. The van der Waals surface area contributed by atoms with Crippen LogP contribution in [0.15, 0.2) is 102 Å². The number of aromatic nitrogens is 6. The van der Waals surface area contributed by atoms with Gasteiger partial charge in [0.2, 0.25) is 5.95 Å². The molecule has 8 aromatic rings. The first kappa shape index (κ1) is 25.4. The SMILES string of the molecule is C1=CC(c2nc(-c3ccccc3)nc(-n3c4ccccc4c4c5nc6c(nc5c5c7ccccc7oc5c43)=CCCC=6)n2)=CCC1. The average molecular weight is 595 g/mol. The highest BCUT2D eigenvalue weighted by atomic mass is 16.3. The molecule has 4 heterocycles. The number of benzene rings is 4. The van der Waals surface area contributed by atoms with Gasteiger partial charge in [-0.3, -0.25) is 4.57 Å². The van der Waals surface area contributed by atoms with E-state index in [4.69, 9.17) is 29.3 Å². The van der Waals surface area contributed by atoms with Gasteiger partial charge in [-0.05, 0) is 37.8 Å². The summed E-state index contributed by atoms with van der Waals surface area (Å²) in [6, 6.07) is 26.7. The summed E-state index contributed by atoms with van der Waals surface area (Å²) in [6.45, 7) is 0. The Kier molecular flexibility index (Phi) is 5.39. The average Bonchev–Trinajstić information content (AvgIpc) is 3.69. The van der Waals surface area contributed by atoms with E-state index in [1.807, 2.05) is 48.5 Å². The first-order valence-corrected chi connectivity index (χ1v) is 15.8. The Morgan fingerprint density at radius 2 is 1.28 bits per heavy atom. The Morgan fingerprint density at radius 3 is 2.09 bits per heavy atom. The lowest BCUT2D eigenvalue weighted by Crippen LogP contribution is -2.33. The molecule has 0 spiro atoms. The molecule has 0 unspecified atom stereocenters. The Balaban J connectivity index is 1.42. The number of rotatable bonds is 3. The molecule has 7 heteroatoms. The van der Waals surface area contributed by atoms with Crippen LogP contribution in [0, 0.1) is 0 Å². The standard InChI is InChI=1S/C39H26N6O/c1-3-13-23(14-4-1)37-42-38(24-15-5-2-6-16-24)44-39(43-37)45-29-21-11-7-17-25(29)31-33-34(41-28-20-10-9-19-27(28)40-33)32-26-18-8-12-22-30(26)46-36(32)35(31)45/h1,3-5,7-8,11-22H,2,6,9-10H2. The highest BCUT2D eigenvalue weighted by Gasteiger charge is 2.26. The van der Waals surface area contributed by atoms with Gasteiger partial charge in [0, 0.05) is 27.3 Å². The van der Waals surface area contributed by atoms with E-state index >= 15 is 0 Å². The Morgan fingerprint density at radius 1 is 0.587 bits per heavy atom. The summed E-state index contributed by atoms with van der Waals surface area (Å²) in [5, 5.41) is 5.83. The van der Waals surface area contributed by atoms with Crippen molar-refractivity contribution in [3.8, 4) is 17.3 Å². The number of para-hydroxylation sites is 2. The maximum Gasteiger partial charge on any atom is 0.238 e. The number of fused-ring (bicyclic) bond motifs is 11. The summed E-state index contributed by atoms with van der Waals surface area (Å²) in [5.74, 6) is 1.79. The van der Waals surface area contributed by atoms with Gasteiger partial charge in [-0.15, -0.1) is 0 Å². The van der Waals surface area contributed by atoms with Crippen LogP contribution in [0.4, 0.5) is 0 Å². The summed E-state index contributed by atoms with van der Waals surface area (Å²) < 4.78 is 8.91. The van der Waals surface area contributed by atoms with Crippen LogP contribution in [0.25, 0.3) is 89.8 Å². The molecule has 0 saturated heterocycles. The maximum absolute atomic E-state index is 6.77. The molecule has 0 amide bonds. The zero-order valence-corrected chi connectivity index (χ0v) is 24.8. The third-order valence-electron chi connectivity index (χ3n) is 9.06. The van der Waals surface area contributed by atoms with Crippen LogP contribution in [0.3, 0.4) is 0 Å². The molecule has 4 aromatic heterocycles. The second-order valence-electron chi connectivity index (χ2n) is 11.8. The topological polar surface area (TPSA) is 82.5 Å². The summed E-state index contributed by atoms with van der Waals surface area (Å²) >= 11 is 0. The fraction of sp³-hybridized carbons (Fsp3) is 0.103. The van der Waals surface area contributed by atoms with E-state index in [0.29, 0.717) is 17.6 Å². The molecule has 0 fully saturated rings. The van der Waals surface area contributed by atoms with Crippen LogP contribution >= 0.6 is 0 Å². The van der Waals surface area contributed by atoms with E-state index in [0.717, 1.165) is 102 Å². The van der Waals surface area contributed by atoms with Crippen LogP contribution in [0.1, 0.15) is 31.5 Å². The van der Waals surface area contributed by atoms with Crippen molar-refractivity contribution in [1.82, 2.24) is 29.5 Å². The van der Waals surface area contributed by atoms with Crippen molar-refractivity contribution in [1.29, 1.82) is 0 Å². The van der Waals surface area contributed by atoms with Gasteiger partial charge >= 0.3 is 0 Å². The Bertz CT molecular complexity index is 2750. The van der Waals surface area contributed by atoms with Gasteiger partial charge in [-0.1, -0.05) is 97.1 Å². The van der Waals surface area contributed by atoms with E-state index in [9.17, 15) is 0 Å². The van der Waals surface area contributed by atoms with Crippen molar-refractivity contribution in [3.05, 3.63) is 114 Å². The molecule has 218 valence electrons. The Hall–Kier alpha value is -5.95. The van der Waals surface area contributed by atoms with Crippen LogP contribution in [-0.4, -0.2) is 29.5 Å². The quantitative estimate of drug-likeness (QED) is 0.210. The molecule has 0 atom stereocenters. The largest absolute Gasteiger partial charge is 0.454 e. The minimum atomic E-state index is 0.529. The molecule has 0 saturated carbocycles. The predicted molar refractivity (Wildman–Crippen MR) is 184 cm³/mol. The number of furan rings is 1. The fourth-order valence-electron chi connectivity index (χ4n) is 6.99. The van der Waals surface area contributed by atoms with Gasteiger partial charge in [0.25, 0.3) is 0 Å². The molecule has 0 aliphatic heterocycles. The number of hydrogen-bond acceptors (Lipinski definition) is 6. The lowest BCUT2D eigenvalue weighted by atomic mass is 10.0. The molecule has 7 nitrogen and oxygen atoms in total. The van der Waals surface area contributed by atoms with Crippen molar-refractivity contribution in [3.63, 3.8) is 0 Å². The fourth-order valence-corrected chi connectivity index (χ4v) is 6.99. The third kappa shape index (κ3) is 3.69. The van der Waals surface area contributed by atoms with E-state index < -0.39 is 0 Å². The van der Waals surface area contributed by atoms with Gasteiger partial charge in [-0.2, -0.15) is 9.97 Å². The molecule has 2 aliphatic rings. The predicted octanol–water partition coefficient (Wildman–Crippen LogP) is 7.57. The normalized spacial score (nSPS) is 14.6. The molecular weight excluding hydrogens is 568 g/mol. The number of nitrogens with zero attached hydrogens (tertiary/aromatic N) is 6. The van der Waals surface area contributed by atoms with Crippen molar-refractivity contribution in [2.45, 2.75) is 25.7 Å². The van der Waals surface area contributed by atoms with E-state index in [2.05, 4.69) is 65.3 Å². The smallest absolute Gasteiger partial charge is 0.238 e. The summed E-state index contributed by atoms with van der Waals surface area (Å²) in [5.41, 5.74) is 7.01. The zero-order valence-electron chi connectivity index (χ0n) is 24.8. The van der Waals surface area contributed by atoms with Gasteiger partial charge in [0.05, 0.1) is 21.6 Å². The van der Waals surface area contributed by atoms with Crippen molar-refractivity contribution in [2.75, 3.05) is 0 Å². The van der Waals surface area contributed by atoms with E-state index in [1.54, 1.807) is 0 Å².